The average Bonchev–Trinajstić information content (AvgIpc) is 2.55. The maximum atomic E-state index is 10.9. The van der Waals surface area contributed by atoms with Gasteiger partial charge in [-0.05, 0) is 17.7 Å². The molecule has 3 N–H and O–H groups in total. The molecule has 15 heavy (non-hydrogen) atoms. The fourth-order valence-corrected chi connectivity index (χ4v) is 1.94. The van der Waals surface area contributed by atoms with Crippen molar-refractivity contribution in [3.8, 4) is 0 Å². The molecule has 0 fully saturated rings. The molecule has 0 aliphatic carbocycles. The molecular formula is C9H7NO4S. The summed E-state index contributed by atoms with van der Waals surface area (Å²) in [4.78, 5) is 21.1. The van der Waals surface area contributed by atoms with Gasteiger partial charge in [0.2, 0.25) is 0 Å². The predicted octanol–water partition coefficient (Wildman–Crippen LogP) is 0.939. The van der Waals surface area contributed by atoms with Gasteiger partial charge in [0.25, 0.3) is 0 Å². The van der Waals surface area contributed by atoms with Gasteiger partial charge in [-0.2, -0.15) is 0 Å². The quantitative estimate of drug-likeness (QED) is 0.793. The molecule has 0 saturated heterocycles. The highest BCUT2D eigenvalue weighted by Gasteiger charge is 2.15. The highest BCUT2D eigenvalue weighted by molar-refractivity contribution is 7.16. The Bertz CT molecular complexity index is 571. The molecule has 1 atom stereocenters. The Balaban J connectivity index is 2.55. The molecule has 2 aromatic rings. The number of aliphatic carboxylic acids is 1. The van der Waals surface area contributed by atoms with E-state index in [2.05, 4.69) is 0 Å². The van der Waals surface area contributed by atoms with Crippen LogP contribution in [0.4, 0.5) is 0 Å². The minimum absolute atomic E-state index is 0.411. The molecule has 1 heterocycles. The molecule has 0 spiro atoms. The van der Waals surface area contributed by atoms with Crippen molar-refractivity contribution >= 4 is 27.6 Å². The fraction of sp³-hybridized carbons (Fsp3) is 0.111. The van der Waals surface area contributed by atoms with E-state index in [0.717, 1.165) is 11.3 Å². The fourth-order valence-electron chi connectivity index (χ4n) is 1.23. The molecule has 78 valence electrons. The molecule has 0 bridgehead atoms. The number of hydrogen-bond donors (Lipinski definition) is 2. The van der Waals surface area contributed by atoms with E-state index < -0.39 is 17.0 Å². The van der Waals surface area contributed by atoms with E-state index in [-0.39, 0.29) is 0 Å². The highest BCUT2D eigenvalue weighted by Crippen LogP contribution is 2.21. The molecule has 0 amide bonds. The predicted molar refractivity (Wildman–Crippen MR) is 54.9 cm³/mol. The van der Waals surface area contributed by atoms with Crippen LogP contribution in [0, 0.1) is 0 Å². The van der Waals surface area contributed by atoms with Crippen LogP contribution in [-0.4, -0.2) is 11.1 Å². The first-order valence-corrected chi connectivity index (χ1v) is 4.91. The van der Waals surface area contributed by atoms with E-state index in [0.29, 0.717) is 15.8 Å². The number of rotatable bonds is 2. The Morgan fingerprint density at radius 1 is 1.53 bits per heavy atom. The van der Waals surface area contributed by atoms with Crippen molar-refractivity contribution in [3.05, 3.63) is 33.5 Å². The number of carboxylic acid groups (broad SMARTS) is 1. The maximum absolute atomic E-state index is 10.9. The van der Waals surface area contributed by atoms with Crippen molar-refractivity contribution in [1.29, 1.82) is 0 Å². The molecular weight excluding hydrogens is 218 g/mol. The largest absolute Gasteiger partial charge is 0.480 e. The Morgan fingerprint density at radius 2 is 2.27 bits per heavy atom. The monoisotopic (exact) mass is 225 g/mol. The maximum Gasteiger partial charge on any atom is 0.396 e. The van der Waals surface area contributed by atoms with E-state index >= 15 is 0 Å². The van der Waals surface area contributed by atoms with Gasteiger partial charge in [-0.1, -0.05) is 17.4 Å². The second-order valence-corrected chi connectivity index (χ2v) is 3.95. The van der Waals surface area contributed by atoms with Crippen molar-refractivity contribution in [2.75, 3.05) is 0 Å². The van der Waals surface area contributed by atoms with E-state index in [1.165, 1.54) is 6.07 Å². The number of fused-ring (bicyclic) bond motifs is 1. The Kier molecular flexibility index (Phi) is 2.29. The Hall–Kier alpha value is -1.66. The lowest BCUT2D eigenvalue weighted by molar-refractivity contribution is -0.138. The van der Waals surface area contributed by atoms with Crippen LogP contribution in [0.25, 0.3) is 10.3 Å². The summed E-state index contributed by atoms with van der Waals surface area (Å²) in [5.41, 5.74) is 6.33. The average molecular weight is 225 g/mol. The molecule has 0 radical (unpaired) electrons. The lowest BCUT2D eigenvalue weighted by Gasteiger charge is -2.05. The third-order valence-corrected chi connectivity index (χ3v) is 2.77. The van der Waals surface area contributed by atoms with Crippen molar-refractivity contribution in [3.63, 3.8) is 0 Å². The van der Waals surface area contributed by atoms with Gasteiger partial charge in [-0.15, -0.1) is 0 Å². The summed E-state index contributed by atoms with van der Waals surface area (Å²) in [6, 6.07) is 3.57. The molecule has 6 heteroatoms. The molecule has 0 aliphatic rings. The Labute approximate surface area is 87.7 Å². The summed E-state index contributed by atoms with van der Waals surface area (Å²) >= 11 is 0.925. The Morgan fingerprint density at radius 3 is 2.93 bits per heavy atom. The molecule has 1 aromatic carbocycles. The van der Waals surface area contributed by atoms with Gasteiger partial charge in [0.05, 0.1) is 4.70 Å². The number of benzene rings is 1. The third-order valence-electron chi connectivity index (χ3n) is 1.98. The molecule has 5 nitrogen and oxygen atoms in total. The third kappa shape index (κ3) is 1.77. The highest BCUT2D eigenvalue weighted by atomic mass is 32.1. The summed E-state index contributed by atoms with van der Waals surface area (Å²) < 4.78 is 5.44. The minimum Gasteiger partial charge on any atom is -0.480 e. The summed E-state index contributed by atoms with van der Waals surface area (Å²) in [5, 5.41) is 8.71. The van der Waals surface area contributed by atoms with Gasteiger partial charge in [0, 0.05) is 0 Å². The van der Waals surface area contributed by atoms with Gasteiger partial charge in [0.15, 0.2) is 0 Å². The zero-order valence-corrected chi connectivity index (χ0v) is 8.28. The molecule has 0 aliphatic heterocycles. The number of nitrogens with two attached hydrogens (primary N) is 1. The lowest BCUT2D eigenvalue weighted by atomic mass is 10.1. The lowest BCUT2D eigenvalue weighted by Crippen LogP contribution is -2.20. The van der Waals surface area contributed by atoms with Crippen LogP contribution in [0.1, 0.15) is 11.6 Å². The smallest absolute Gasteiger partial charge is 0.396 e. The van der Waals surface area contributed by atoms with Gasteiger partial charge in [0.1, 0.15) is 11.6 Å². The van der Waals surface area contributed by atoms with Crippen LogP contribution in [0.15, 0.2) is 27.4 Å². The topological polar surface area (TPSA) is 93.5 Å². The van der Waals surface area contributed by atoms with Crippen molar-refractivity contribution < 1.29 is 14.3 Å². The number of hydrogen-bond acceptors (Lipinski definition) is 5. The van der Waals surface area contributed by atoms with Crippen molar-refractivity contribution in [1.82, 2.24) is 0 Å². The molecule has 0 saturated carbocycles. The van der Waals surface area contributed by atoms with Crippen LogP contribution < -0.4 is 10.7 Å². The van der Waals surface area contributed by atoms with Gasteiger partial charge >= 0.3 is 10.9 Å². The van der Waals surface area contributed by atoms with Gasteiger partial charge < -0.3 is 15.3 Å². The zero-order valence-electron chi connectivity index (χ0n) is 7.47. The minimum atomic E-state index is -1.11. The second kappa shape index (κ2) is 3.48. The number of carboxylic acids is 1. The van der Waals surface area contributed by atoms with Gasteiger partial charge in [-0.25, -0.2) is 4.79 Å². The van der Waals surface area contributed by atoms with E-state index in [1.54, 1.807) is 12.1 Å². The van der Waals surface area contributed by atoms with Crippen molar-refractivity contribution in [2.45, 2.75) is 6.04 Å². The van der Waals surface area contributed by atoms with E-state index in [4.69, 9.17) is 15.3 Å². The van der Waals surface area contributed by atoms with Crippen LogP contribution in [0.5, 0.6) is 0 Å². The molecule has 1 aromatic heterocycles. The van der Waals surface area contributed by atoms with Crippen LogP contribution in [-0.2, 0) is 4.79 Å². The normalized spacial score (nSPS) is 12.9. The summed E-state index contributed by atoms with van der Waals surface area (Å²) in [5.74, 6) is -1.11. The molecule has 1 unspecified atom stereocenters. The van der Waals surface area contributed by atoms with Crippen molar-refractivity contribution in [2.24, 2.45) is 5.73 Å². The number of carbonyl (C=O) groups is 1. The van der Waals surface area contributed by atoms with E-state index in [1.807, 2.05) is 0 Å². The first-order chi connectivity index (χ1) is 7.08. The van der Waals surface area contributed by atoms with Crippen LogP contribution >= 0.6 is 11.3 Å². The summed E-state index contributed by atoms with van der Waals surface area (Å²) in [6.07, 6.45) is 0. The zero-order chi connectivity index (χ0) is 11.0. The van der Waals surface area contributed by atoms with Gasteiger partial charge in [-0.3, -0.25) is 4.79 Å². The van der Waals surface area contributed by atoms with Crippen LogP contribution in [0.3, 0.4) is 0 Å². The second-order valence-electron chi connectivity index (χ2n) is 2.98. The van der Waals surface area contributed by atoms with Crippen LogP contribution in [0.2, 0.25) is 0 Å². The SMILES string of the molecule is NC(C(=O)O)c1ccc2oc(=O)sc2c1. The summed E-state index contributed by atoms with van der Waals surface area (Å²) in [7, 11) is 0. The first-order valence-electron chi connectivity index (χ1n) is 4.10. The standard InChI is InChI=1S/C9H7NO4S/c10-7(8(11)12)4-1-2-5-6(3-4)15-9(13)14-5/h1-3,7H,10H2,(H,11,12). The molecule has 2 rings (SSSR count). The van der Waals surface area contributed by atoms with E-state index in [9.17, 15) is 9.59 Å². The first kappa shape index (κ1) is 9.88. The summed E-state index contributed by atoms with van der Waals surface area (Å²) in [6.45, 7) is 0.